The highest BCUT2D eigenvalue weighted by Gasteiger charge is 2.18. The summed E-state index contributed by atoms with van der Waals surface area (Å²) in [4.78, 5) is 20.5. The number of benzene rings is 1. The minimum absolute atomic E-state index is 0.226. The molecule has 1 aromatic heterocycles. The van der Waals surface area contributed by atoms with E-state index < -0.39 is 5.97 Å². The van der Waals surface area contributed by atoms with Crippen molar-refractivity contribution in [3.63, 3.8) is 0 Å². The van der Waals surface area contributed by atoms with Crippen LogP contribution in [0.2, 0.25) is 0 Å². The lowest BCUT2D eigenvalue weighted by atomic mass is 10.1. The van der Waals surface area contributed by atoms with Crippen LogP contribution in [0.5, 0.6) is 0 Å². The van der Waals surface area contributed by atoms with E-state index in [-0.39, 0.29) is 5.56 Å². The number of carboxylic acid groups (broad SMARTS) is 1. The number of likely N-dealkylation sites (N-methyl/N-ethyl adjacent to an activating group) is 1. The molecule has 0 radical (unpaired) electrons. The van der Waals surface area contributed by atoms with Crippen LogP contribution in [0.3, 0.4) is 0 Å². The Morgan fingerprint density at radius 1 is 1.20 bits per heavy atom. The Morgan fingerprint density at radius 2 is 1.92 bits per heavy atom. The summed E-state index contributed by atoms with van der Waals surface area (Å²) in [7, 11) is 1.89. The van der Waals surface area contributed by atoms with Crippen molar-refractivity contribution in [2.75, 3.05) is 51.3 Å². The van der Waals surface area contributed by atoms with Crippen molar-refractivity contribution in [1.29, 1.82) is 0 Å². The molecule has 6 nitrogen and oxygen atoms in total. The second-order valence-electron chi connectivity index (χ2n) is 6.11. The van der Waals surface area contributed by atoms with Crippen molar-refractivity contribution in [1.82, 2.24) is 9.88 Å². The van der Waals surface area contributed by atoms with Crippen LogP contribution >= 0.6 is 0 Å². The van der Waals surface area contributed by atoms with Gasteiger partial charge in [-0.2, -0.15) is 0 Å². The van der Waals surface area contributed by atoms with Gasteiger partial charge in [0.1, 0.15) is 11.4 Å². The van der Waals surface area contributed by atoms with Crippen molar-refractivity contribution in [2.24, 2.45) is 0 Å². The molecule has 0 spiro atoms. The number of aromatic nitrogens is 1. The van der Waals surface area contributed by atoms with Crippen molar-refractivity contribution >= 4 is 11.8 Å². The number of rotatable bonds is 6. The molecule has 0 atom stereocenters. The molecule has 2 aromatic rings. The number of nitrogens with zero attached hydrogens (tertiary/aromatic N) is 3. The van der Waals surface area contributed by atoms with Gasteiger partial charge < -0.3 is 14.7 Å². The highest BCUT2D eigenvalue weighted by molar-refractivity contribution is 5.94. The normalized spacial score (nSPS) is 15.1. The van der Waals surface area contributed by atoms with E-state index in [4.69, 9.17) is 4.74 Å². The minimum Gasteiger partial charge on any atom is -0.478 e. The van der Waals surface area contributed by atoms with Gasteiger partial charge in [-0.15, -0.1) is 0 Å². The van der Waals surface area contributed by atoms with Crippen LogP contribution in [0, 0.1) is 0 Å². The van der Waals surface area contributed by atoms with E-state index in [0.717, 1.165) is 44.1 Å². The van der Waals surface area contributed by atoms with Gasteiger partial charge in [-0.1, -0.05) is 30.3 Å². The molecule has 6 heteroatoms. The molecule has 25 heavy (non-hydrogen) atoms. The lowest BCUT2D eigenvalue weighted by Crippen LogP contribution is -2.41. The second kappa shape index (κ2) is 8.09. The summed E-state index contributed by atoms with van der Waals surface area (Å²) < 4.78 is 5.36. The van der Waals surface area contributed by atoms with Crippen molar-refractivity contribution < 1.29 is 14.6 Å². The summed E-state index contributed by atoms with van der Waals surface area (Å²) in [5, 5.41) is 9.50. The molecular weight excluding hydrogens is 318 g/mol. The first-order chi connectivity index (χ1) is 12.1. The molecule has 1 aliphatic rings. The summed E-state index contributed by atoms with van der Waals surface area (Å²) in [5.74, 6) is -0.456. The largest absolute Gasteiger partial charge is 0.478 e. The Kier molecular flexibility index (Phi) is 5.63. The van der Waals surface area contributed by atoms with E-state index in [1.54, 1.807) is 12.1 Å². The number of carbonyl (C=O) groups is 1. The highest BCUT2D eigenvalue weighted by Crippen LogP contribution is 2.24. The fraction of sp³-hybridized carbons (Fsp3) is 0.368. The van der Waals surface area contributed by atoms with Gasteiger partial charge in [-0.05, 0) is 12.1 Å². The van der Waals surface area contributed by atoms with Gasteiger partial charge in [0, 0.05) is 38.8 Å². The quantitative estimate of drug-likeness (QED) is 0.869. The van der Waals surface area contributed by atoms with E-state index in [9.17, 15) is 9.90 Å². The van der Waals surface area contributed by atoms with Gasteiger partial charge in [0.25, 0.3) is 0 Å². The Hall–Kier alpha value is -2.44. The number of hydrogen-bond acceptors (Lipinski definition) is 5. The van der Waals surface area contributed by atoms with E-state index >= 15 is 0 Å². The second-order valence-corrected chi connectivity index (χ2v) is 6.11. The minimum atomic E-state index is -0.958. The monoisotopic (exact) mass is 341 g/mol. The van der Waals surface area contributed by atoms with E-state index in [2.05, 4.69) is 9.88 Å². The Bertz CT molecular complexity index is 715. The van der Waals surface area contributed by atoms with Crippen LogP contribution in [0.1, 0.15) is 10.4 Å². The summed E-state index contributed by atoms with van der Waals surface area (Å²) in [6, 6.07) is 13.2. The fourth-order valence-corrected chi connectivity index (χ4v) is 2.90. The fourth-order valence-electron chi connectivity index (χ4n) is 2.90. The molecule has 132 valence electrons. The number of anilines is 1. The third-order valence-corrected chi connectivity index (χ3v) is 4.39. The van der Waals surface area contributed by atoms with Gasteiger partial charge in [-0.3, -0.25) is 4.90 Å². The first kappa shape index (κ1) is 17.4. The van der Waals surface area contributed by atoms with E-state index in [1.807, 2.05) is 42.3 Å². The Morgan fingerprint density at radius 3 is 2.60 bits per heavy atom. The summed E-state index contributed by atoms with van der Waals surface area (Å²) >= 11 is 0. The maximum atomic E-state index is 11.6. The number of aromatic carboxylic acids is 1. The first-order valence-electron chi connectivity index (χ1n) is 8.46. The van der Waals surface area contributed by atoms with Crippen molar-refractivity contribution in [2.45, 2.75) is 0 Å². The number of morpholine rings is 1. The highest BCUT2D eigenvalue weighted by atomic mass is 16.5. The lowest BCUT2D eigenvalue weighted by molar-refractivity contribution is 0.0392. The SMILES string of the molecule is CN(CCN1CCOCC1)c1nc(-c2ccccc2)ccc1C(=O)O. The molecule has 1 aromatic carbocycles. The molecule has 0 saturated carbocycles. The zero-order chi connectivity index (χ0) is 17.6. The first-order valence-corrected chi connectivity index (χ1v) is 8.46. The van der Waals surface area contributed by atoms with Crippen molar-refractivity contribution in [3.05, 3.63) is 48.0 Å². The van der Waals surface area contributed by atoms with Crippen molar-refractivity contribution in [3.8, 4) is 11.3 Å². The predicted octanol–water partition coefficient (Wildman–Crippen LogP) is 2.22. The lowest BCUT2D eigenvalue weighted by Gasteiger charge is -2.29. The van der Waals surface area contributed by atoms with Gasteiger partial charge >= 0.3 is 5.97 Å². The molecule has 1 N–H and O–H groups in total. The molecule has 2 heterocycles. The molecule has 1 aliphatic heterocycles. The van der Waals surface area contributed by atoms with Crippen LogP contribution in [0.15, 0.2) is 42.5 Å². The Labute approximate surface area is 147 Å². The number of hydrogen-bond donors (Lipinski definition) is 1. The third-order valence-electron chi connectivity index (χ3n) is 4.39. The van der Waals surface area contributed by atoms with E-state index in [1.165, 1.54) is 0 Å². The van der Waals surface area contributed by atoms with Crippen LogP contribution in [0.25, 0.3) is 11.3 Å². The standard InChI is InChI=1S/C19H23N3O3/c1-21(9-10-22-11-13-25-14-12-22)18-16(19(23)24)7-8-17(20-18)15-5-3-2-4-6-15/h2-8H,9-14H2,1H3,(H,23,24). The predicted molar refractivity (Wildman–Crippen MR) is 97.2 cm³/mol. The van der Waals surface area contributed by atoms with Crippen LogP contribution < -0.4 is 4.90 Å². The topological polar surface area (TPSA) is 65.9 Å². The molecule has 1 fully saturated rings. The molecule has 0 aliphatic carbocycles. The summed E-state index contributed by atoms with van der Waals surface area (Å²) in [5.41, 5.74) is 1.98. The van der Waals surface area contributed by atoms with Gasteiger partial charge in [0.05, 0.1) is 18.9 Å². The number of carboxylic acids is 1. The number of pyridine rings is 1. The van der Waals surface area contributed by atoms with Crippen LogP contribution in [-0.4, -0.2) is 67.4 Å². The van der Waals surface area contributed by atoms with Gasteiger partial charge in [0.2, 0.25) is 0 Å². The molecule has 0 amide bonds. The number of ether oxygens (including phenoxy) is 1. The summed E-state index contributed by atoms with van der Waals surface area (Å²) in [6.45, 7) is 4.91. The zero-order valence-corrected chi connectivity index (χ0v) is 14.4. The maximum Gasteiger partial charge on any atom is 0.339 e. The molecule has 1 saturated heterocycles. The average Bonchev–Trinajstić information content (AvgIpc) is 2.67. The van der Waals surface area contributed by atoms with Gasteiger partial charge in [-0.25, -0.2) is 9.78 Å². The smallest absolute Gasteiger partial charge is 0.339 e. The Balaban J connectivity index is 1.80. The maximum absolute atomic E-state index is 11.6. The van der Waals surface area contributed by atoms with E-state index in [0.29, 0.717) is 12.4 Å². The molecule has 3 rings (SSSR count). The molecule has 0 unspecified atom stereocenters. The van der Waals surface area contributed by atoms with Gasteiger partial charge in [0.15, 0.2) is 0 Å². The molecule has 0 bridgehead atoms. The van der Waals surface area contributed by atoms with Crippen LogP contribution in [-0.2, 0) is 4.74 Å². The zero-order valence-electron chi connectivity index (χ0n) is 14.4. The average molecular weight is 341 g/mol. The molecular formula is C19H23N3O3. The third kappa shape index (κ3) is 4.35. The summed E-state index contributed by atoms with van der Waals surface area (Å²) in [6.07, 6.45) is 0. The van der Waals surface area contributed by atoms with Crippen LogP contribution in [0.4, 0.5) is 5.82 Å².